The molecular formula is C16H19BrN2O2. The molecule has 2 heterocycles. The first-order chi connectivity index (χ1) is 10.1. The maximum atomic E-state index is 10.0. The van der Waals surface area contributed by atoms with Crippen molar-refractivity contribution in [2.45, 2.75) is 39.3 Å². The number of hydrogen-bond acceptors (Lipinski definition) is 4. The highest BCUT2D eigenvalue weighted by Gasteiger charge is 2.31. The summed E-state index contributed by atoms with van der Waals surface area (Å²) >= 11 is 3.47. The fraction of sp³-hybridized carbons (Fsp3) is 0.438. The molecule has 0 aliphatic carbocycles. The van der Waals surface area contributed by atoms with Gasteiger partial charge in [0, 0.05) is 28.2 Å². The summed E-state index contributed by atoms with van der Waals surface area (Å²) in [5.41, 5.74) is 3.13. The Balaban J connectivity index is 1.86. The fourth-order valence-corrected chi connectivity index (χ4v) is 3.62. The molecule has 0 spiro atoms. The molecule has 5 heteroatoms. The number of phenolic OH excluding ortho intramolecular Hbond substituents is 1. The molecule has 0 amide bonds. The lowest BCUT2D eigenvalue weighted by molar-refractivity contribution is 0.242. The van der Waals surface area contributed by atoms with Gasteiger partial charge < -0.3 is 9.63 Å². The molecule has 0 bridgehead atoms. The van der Waals surface area contributed by atoms with Crippen molar-refractivity contribution in [3.05, 3.63) is 45.3 Å². The molecule has 1 fully saturated rings. The van der Waals surface area contributed by atoms with Crippen molar-refractivity contribution in [1.29, 1.82) is 0 Å². The molecule has 1 aromatic carbocycles. The van der Waals surface area contributed by atoms with Crippen LogP contribution in [0, 0.1) is 13.8 Å². The Kier molecular flexibility index (Phi) is 4.04. The molecule has 112 valence electrons. The molecule has 0 saturated carbocycles. The normalized spacial score (nSPS) is 19.3. The van der Waals surface area contributed by atoms with Gasteiger partial charge in [-0.05, 0) is 51.4 Å². The van der Waals surface area contributed by atoms with E-state index in [1.165, 1.54) is 5.56 Å². The van der Waals surface area contributed by atoms with Crippen LogP contribution in [0.1, 0.15) is 41.5 Å². The lowest BCUT2D eigenvalue weighted by Gasteiger charge is -2.25. The molecular weight excluding hydrogens is 332 g/mol. The average molecular weight is 351 g/mol. The van der Waals surface area contributed by atoms with Crippen LogP contribution in [-0.4, -0.2) is 21.7 Å². The van der Waals surface area contributed by atoms with Crippen molar-refractivity contribution in [1.82, 2.24) is 10.1 Å². The van der Waals surface area contributed by atoms with Gasteiger partial charge in [-0.25, -0.2) is 0 Å². The summed E-state index contributed by atoms with van der Waals surface area (Å²) in [4.78, 5) is 2.40. The molecule has 4 nitrogen and oxygen atoms in total. The van der Waals surface area contributed by atoms with Gasteiger partial charge in [-0.2, -0.15) is 0 Å². The van der Waals surface area contributed by atoms with Crippen molar-refractivity contribution in [2.24, 2.45) is 0 Å². The van der Waals surface area contributed by atoms with Crippen LogP contribution in [0.4, 0.5) is 0 Å². The first-order valence-corrected chi connectivity index (χ1v) is 8.00. The standard InChI is InChI=1S/C16H19BrN2O2/c1-10-16(11(2)21-18-10)14-4-3-7-19(14)9-12-8-13(17)5-6-15(12)20/h5-6,8,14,20H,3-4,7,9H2,1-2H3/t14-/m0/s1. The SMILES string of the molecule is Cc1noc(C)c1[C@@H]1CCCN1Cc1cc(Br)ccc1O. The van der Waals surface area contributed by atoms with Crippen LogP contribution in [0.25, 0.3) is 0 Å². The lowest BCUT2D eigenvalue weighted by atomic mass is 10.0. The summed E-state index contributed by atoms with van der Waals surface area (Å²) in [5.74, 6) is 1.26. The van der Waals surface area contributed by atoms with E-state index in [1.807, 2.05) is 26.0 Å². The van der Waals surface area contributed by atoms with Crippen LogP contribution in [-0.2, 0) is 6.54 Å². The Labute approximate surface area is 132 Å². The van der Waals surface area contributed by atoms with E-state index in [9.17, 15) is 5.11 Å². The Hall–Kier alpha value is -1.33. The molecule has 3 rings (SSSR count). The minimum atomic E-state index is 0.328. The summed E-state index contributed by atoms with van der Waals surface area (Å²) in [6.45, 7) is 5.74. The Morgan fingerprint density at radius 3 is 2.95 bits per heavy atom. The summed E-state index contributed by atoms with van der Waals surface area (Å²) in [5, 5.41) is 14.1. The van der Waals surface area contributed by atoms with Crippen molar-refractivity contribution >= 4 is 15.9 Å². The Morgan fingerprint density at radius 1 is 1.43 bits per heavy atom. The van der Waals surface area contributed by atoms with E-state index < -0.39 is 0 Å². The third kappa shape index (κ3) is 2.85. The van der Waals surface area contributed by atoms with Crippen molar-refractivity contribution in [3.8, 4) is 5.75 Å². The summed E-state index contributed by atoms with van der Waals surface area (Å²) in [6.07, 6.45) is 2.27. The molecule has 1 atom stereocenters. The van der Waals surface area contributed by atoms with Gasteiger partial charge in [0.2, 0.25) is 0 Å². The first-order valence-electron chi connectivity index (χ1n) is 7.20. The van der Waals surface area contributed by atoms with E-state index in [0.29, 0.717) is 11.8 Å². The zero-order valence-corrected chi connectivity index (χ0v) is 13.9. The molecule has 1 aromatic heterocycles. The highest BCUT2D eigenvalue weighted by molar-refractivity contribution is 9.10. The van der Waals surface area contributed by atoms with E-state index in [4.69, 9.17) is 4.52 Å². The smallest absolute Gasteiger partial charge is 0.138 e. The zero-order chi connectivity index (χ0) is 15.0. The van der Waals surface area contributed by atoms with Crippen LogP contribution in [0.2, 0.25) is 0 Å². The summed E-state index contributed by atoms with van der Waals surface area (Å²) in [7, 11) is 0. The number of halogens is 1. The number of nitrogens with zero attached hydrogens (tertiary/aromatic N) is 2. The number of likely N-dealkylation sites (tertiary alicyclic amines) is 1. The second kappa shape index (κ2) is 5.81. The van der Waals surface area contributed by atoms with Gasteiger partial charge in [0.25, 0.3) is 0 Å². The number of hydrogen-bond donors (Lipinski definition) is 1. The Morgan fingerprint density at radius 2 is 2.24 bits per heavy atom. The number of aromatic nitrogens is 1. The predicted octanol–water partition coefficient (Wildman–Crippen LogP) is 4.10. The first kappa shape index (κ1) is 14.6. The van der Waals surface area contributed by atoms with E-state index in [2.05, 4.69) is 26.0 Å². The lowest BCUT2D eigenvalue weighted by Crippen LogP contribution is -2.23. The quantitative estimate of drug-likeness (QED) is 0.905. The molecule has 1 aliphatic heterocycles. The largest absolute Gasteiger partial charge is 0.508 e. The topological polar surface area (TPSA) is 49.5 Å². The number of benzene rings is 1. The second-order valence-corrected chi connectivity index (χ2v) is 6.56. The van der Waals surface area contributed by atoms with Crippen molar-refractivity contribution in [3.63, 3.8) is 0 Å². The van der Waals surface area contributed by atoms with Crippen molar-refractivity contribution in [2.75, 3.05) is 6.54 Å². The molecule has 21 heavy (non-hydrogen) atoms. The van der Waals surface area contributed by atoms with Crippen LogP contribution in [0.3, 0.4) is 0 Å². The number of phenols is 1. The van der Waals surface area contributed by atoms with Crippen LogP contribution in [0.15, 0.2) is 27.2 Å². The second-order valence-electron chi connectivity index (χ2n) is 5.64. The van der Waals surface area contributed by atoms with Crippen LogP contribution in [0.5, 0.6) is 5.75 Å². The van der Waals surface area contributed by atoms with Gasteiger partial charge in [0.1, 0.15) is 11.5 Å². The van der Waals surface area contributed by atoms with Gasteiger partial charge in [0.05, 0.1) is 5.69 Å². The van der Waals surface area contributed by atoms with Gasteiger partial charge in [-0.1, -0.05) is 21.1 Å². The van der Waals surface area contributed by atoms with Crippen molar-refractivity contribution < 1.29 is 9.63 Å². The summed E-state index contributed by atoms with van der Waals surface area (Å²) < 4.78 is 6.30. The van der Waals surface area contributed by atoms with Crippen LogP contribution < -0.4 is 0 Å². The average Bonchev–Trinajstić information content (AvgIpc) is 3.01. The van der Waals surface area contributed by atoms with Gasteiger partial charge in [-0.15, -0.1) is 0 Å². The number of aryl methyl sites for hydroxylation is 2. The zero-order valence-electron chi connectivity index (χ0n) is 12.3. The molecule has 1 saturated heterocycles. The van der Waals surface area contributed by atoms with Gasteiger partial charge >= 0.3 is 0 Å². The van der Waals surface area contributed by atoms with E-state index in [1.54, 1.807) is 6.07 Å². The van der Waals surface area contributed by atoms with E-state index >= 15 is 0 Å². The minimum absolute atomic E-state index is 0.328. The Bertz CT molecular complexity index is 634. The van der Waals surface area contributed by atoms with Gasteiger partial charge in [-0.3, -0.25) is 4.90 Å². The maximum Gasteiger partial charge on any atom is 0.138 e. The van der Waals surface area contributed by atoms with E-state index in [0.717, 1.165) is 47.4 Å². The monoisotopic (exact) mass is 350 g/mol. The minimum Gasteiger partial charge on any atom is -0.508 e. The highest BCUT2D eigenvalue weighted by Crippen LogP contribution is 2.37. The molecule has 1 aliphatic rings. The van der Waals surface area contributed by atoms with Crippen LogP contribution >= 0.6 is 15.9 Å². The third-order valence-corrected chi connectivity index (χ3v) is 4.69. The molecule has 1 N–H and O–H groups in total. The highest BCUT2D eigenvalue weighted by atomic mass is 79.9. The van der Waals surface area contributed by atoms with E-state index in [-0.39, 0.29) is 0 Å². The predicted molar refractivity (Wildman–Crippen MR) is 84.2 cm³/mol. The third-order valence-electron chi connectivity index (χ3n) is 4.20. The molecule has 0 radical (unpaired) electrons. The number of aromatic hydroxyl groups is 1. The maximum absolute atomic E-state index is 10.0. The molecule has 2 aromatic rings. The molecule has 0 unspecified atom stereocenters. The fourth-order valence-electron chi connectivity index (χ4n) is 3.21. The number of rotatable bonds is 3. The summed E-state index contributed by atoms with van der Waals surface area (Å²) in [6, 6.07) is 5.90. The van der Waals surface area contributed by atoms with Gasteiger partial charge in [0.15, 0.2) is 0 Å².